The molecule has 2 heterocycles. The van der Waals surface area contributed by atoms with E-state index in [-0.39, 0.29) is 12.4 Å². The van der Waals surface area contributed by atoms with Gasteiger partial charge in [-0.2, -0.15) is 0 Å². The maximum Gasteiger partial charge on any atom is 0.203 e. The number of aliphatic hydroxyl groups excluding tert-OH is 1. The molecule has 1 atom stereocenters. The molecule has 2 aliphatic rings. The lowest BCUT2D eigenvalue weighted by Crippen LogP contribution is -1.98. The van der Waals surface area contributed by atoms with Gasteiger partial charge in [0.1, 0.15) is 24.2 Å². The van der Waals surface area contributed by atoms with Gasteiger partial charge in [0.2, 0.25) is 5.78 Å². The highest BCUT2D eigenvalue weighted by atomic mass is 79.9. The average Bonchev–Trinajstić information content (AvgIpc) is 3.03. The summed E-state index contributed by atoms with van der Waals surface area (Å²) in [6.07, 6.45) is -0.446. The summed E-state index contributed by atoms with van der Waals surface area (Å²) >= 11 is 6.62. The molecule has 0 radical (unpaired) electrons. The molecule has 22 heavy (non-hydrogen) atoms. The Labute approximate surface area is 144 Å². The highest BCUT2D eigenvalue weighted by Gasteiger charge is 2.21. The highest BCUT2D eigenvalue weighted by Crippen LogP contribution is 2.34. The molecule has 2 aromatic carbocycles. The van der Waals surface area contributed by atoms with Crippen LogP contribution in [0.2, 0.25) is 0 Å². The summed E-state index contributed by atoms with van der Waals surface area (Å²) in [7, 11) is 0. The van der Waals surface area contributed by atoms with Crippen LogP contribution in [0.25, 0.3) is 0 Å². The Morgan fingerprint density at radius 1 is 1.00 bits per heavy atom. The Hall–Kier alpha value is -1.37. The summed E-state index contributed by atoms with van der Waals surface area (Å²) in [6.45, 7) is 0.567. The summed E-state index contributed by atoms with van der Waals surface area (Å²) in [5.74, 6) is 1.53. The van der Waals surface area contributed by atoms with Crippen LogP contribution in [0.3, 0.4) is 0 Å². The van der Waals surface area contributed by atoms with E-state index in [9.17, 15) is 9.90 Å². The minimum atomic E-state index is -0.446. The monoisotopic (exact) mass is 426 g/mol. The van der Waals surface area contributed by atoms with Crippen LogP contribution in [0.5, 0.6) is 11.5 Å². The number of carbonyl (C=O) groups is 1. The van der Waals surface area contributed by atoms with Gasteiger partial charge in [-0.1, -0.05) is 37.9 Å². The van der Waals surface area contributed by atoms with Crippen LogP contribution < -0.4 is 9.47 Å². The Balaban J connectivity index is 0.000000131. The third kappa shape index (κ3) is 3.19. The fourth-order valence-electron chi connectivity index (χ4n) is 2.23. The van der Waals surface area contributed by atoms with Crippen molar-refractivity contribution >= 4 is 37.6 Å². The predicted octanol–water partition coefficient (Wildman–Crippen LogP) is 3.90. The van der Waals surface area contributed by atoms with Gasteiger partial charge in [0.15, 0.2) is 6.61 Å². The van der Waals surface area contributed by atoms with Crippen LogP contribution in [0.1, 0.15) is 22.0 Å². The lowest BCUT2D eigenvalue weighted by Gasteiger charge is -1.98. The van der Waals surface area contributed by atoms with Gasteiger partial charge in [0, 0.05) is 14.5 Å². The van der Waals surface area contributed by atoms with Crippen molar-refractivity contribution in [2.75, 3.05) is 13.2 Å². The lowest BCUT2D eigenvalue weighted by molar-refractivity contribution is 0.0961. The summed E-state index contributed by atoms with van der Waals surface area (Å²) in [6, 6.07) is 11.1. The summed E-state index contributed by atoms with van der Waals surface area (Å²) < 4.78 is 12.2. The van der Waals surface area contributed by atoms with Crippen molar-refractivity contribution in [3.05, 3.63) is 56.5 Å². The van der Waals surface area contributed by atoms with Crippen molar-refractivity contribution in [3.63, 3.8) is 0 Å². The first-order chi connectivity index (χ1) is 10.5. The van der Waals surface area contributed by atoms with E-state index in [1.54, 1.807) is 12.1 Å². The standard InChI is InChI=1S/C8H7BrO2.C8H5BrO2/c2*9-5-1-2-6-7(10)4-11-8(6)3-5/h1-3,7,10H,4H2;1-3H,4H2/t7-;/m0./s1. The molecule has 0 aliphatic carbocycles. The van der Waals surface area contributed by atoms with Crippen molar-refractivity contribution in [2.45, 2.75) is 6.10 Å². The number of benzene rings is 2. The Morgan fingerprint density at radius 2 is 1.68 bits per heavy atom. The zero-order valence-electron chi connectivity index (χ0n) is 11.4. The normalized spacial score (nSPS) is 17.8. The van der Waals surface area contributed by atoms with Gasteiger partial charge < -0.3 is 14.6 Å². The maximum absolute atomic E-state index is 11.0. The quantitative estimate of drug-likeness (QED) is 0.692. The number of rotatable bonds is 0. The van der Waals surface area contributed by atoms with Gasteiger partial charge in [-0.15, -0.1) is 0 Å². The van der Waals surface area contributed by atoms with Crippen LogP contribution in [-0.4, -0.2) is 24.1 Å². The minimum Gasteiger partial charge on any atom is -0.490 e. The molecule has 0 unspecified atom stereocenters. The summed E-state index contributed by atoms with van der Waals surface area (Å²) in [4.78, 5) is 11.0. The average molecular weight is 428 g/mol. The number of fused-ring (bicyclic) bond motifs is 2. The van der Waals surface area contributed by atoms with Crippen molar-refractivity contribution in [2.24, 2.45) is 0 Å². The molecule has 0 bridgehead atoms. The van der Waals surface area contributed by atoms with Crippen molar-refractivity contribution in [1.29, 1.82) is 0 Å². The Morgan fingerprint density at radius 3 is 2.45 bits per heavy atom. The van der Waals surface area contributed by atoms with E-state index in [0.29, 0.717) is 17.9 Å². The number of ether oxygens (including phenoxy) is 2. The number of aliphatic hydroxyl groups is 1. The topological polar surface area (TPSA) is 55.8 Å². The maximum atomic E-state index is 11.0. The van der Waals surface area contributed by atoms with Gasteiger partial charge in [0.05, 0.1) is 5.56 Å². The number of Topliss-reactive ketones (excluding diaryl/α,β-unsaturated/α-hetero) is 1. The third-order valence-corrected chi connectivity index (χ3v) is 4.32. The van der Waals surface area contributed by atoms with Crippen LogP contribution in [-0.2, 0) is 0 Å². The number of halogens is 2. The fourth-order valence-corrected chi connectivity index (χ4v) is 2.91. The molecule has 0 saturated heterocycles. The first kappa shape index (κ1) is 15.5. The molecule has 0 aromatic heterocycles. The SMILES string of the molecule is O=C1COc2cc(Br)ccc21.O[C@H]1COc2cc(Br)ccc21. The van der Waals surface area contributed by atoms with Gasteiger partial charge >= 0.3 is 0 Å². The van der Waals surface area contributed by atoms with E-state index < -0.39 is 6.10 Å². The fraction of sp³-hybridized carbons (Fsp3) is 0.188. The van der Waals surface area contributed by atoms with Gasteiger partial charge in [-0.3, -0.25) is 4.79 Å². The molecule has 0 fully saturated rings. The van der Waals surface area contributed by atoms with Gasteiger partial charge in [-0.05, 0) is 30.3 Å². The second kappa shape index (κ2) is 6.40. The van der Waals surface area contributed by atoms with Crippen molar-refractivity contribution < 1.29 is 19.4 Å². The third-order valence-electron chi connectivity index (χ3n) is 3.33. The van der Waals surface area contributed by atoms with E-state index in [4.69, 9.17) is 9.47 Å². The lowest BCUT2D eigenvalue weighted by atomic mass is 10.1. The van der Waals surface area contributed by atoms with E-state index in [1.807, 2.05) is 24.3 Å². The molecule has 6 heteroatoms. The first-order valence-corrected chi connectivity index (χ1v) is 8.19. The smallest absolute Gasteiger partial charge is 0.203 e. The van der Waals surface area contributed by atoms with Gasteiger partial charge in [-0.25, -0.2) is 0 Å². The second-order valence-electron chi connectivity index (χ2n) is 4.86. The Bertz CT molecular complexity index is 730. The number of hydrogen-bond acceptors (Lipinski definition) is 4. The molecule has 2 aliphatic heterocycles. The molecular weight excluding hydrogens is 416 g/mol. The van der Waals surface area contributed by atoms with Crippen molar-refractivity contribution in [1.82, 2.24) is 0 Å². The second-order valence-corrected chi connectivity index (χ2v) is 6.69. The van der Waals surface area contributed by atoms with Gasteiger partial charge in [0.25, 0.3) is 0 Å². The number of ketones is 1. The molecule has 4 rings (SSSR count). The zero-order valence-corrected chi connectivity index (χ0v) is 14.6. The molecule has 4 nitrogen and oxygen atoms in total. The molecule has 2 aromatic rings. The predicted molar refractivity (Wildman–Crippen MR) is 88.6 cm³/mol. The summed E-state index contributed by atoms with van der Waals surface area (Å²) in [5.41, 5.74) is 1.57. The molecule has 1 N–H and O–H groups in total. The van der Waals surface area contributed by atoms with E-state index in [2.05, 4.69) is 31.9 Å². The summed E-state index contributed by atoms with van der Waals surface area (Å²) in [5, 5.41) is 9.33. The molecular formula is C16H12Br2O4. The van der Waals surface area contributed by atoms with E-state index in [1.165, 1.54) is 0 Å². The Kier molecular flexibility index (Phi) is 4.52. The highest BCUT2D eigenvalue weighted by molar-refractivity contribution is 9.10. The van der Waals surface area contributed by atoms with Crippen LogP contribution in [0.4, 0.5) is 0 Å². The van der Waals surface area contributed by atoms with Crippen LogP contribution in [0, 0.1) is 0 Å². The first-order valence-electron chi connectivity index (χ1n) is 6.60. The van der Waals surface area contributed by atoms with Crippen LogP contribution in [0.15, 0.2) is 45.3 Å². The molecule has 0 saturated carbocycles. The zero-order chi connectivity index (χ0) is 15.7. The van der Waals surface area contributed by atoms with Crippen LogP contribution >= 0.6 is 31.9 Å². The minimum absolute atomic E-state index is 0.0625. The largest absolute Gasteiger partial charge is 0.490 e. The van der Waals surface area contributed by atoms with E-state index >= 15 is 0 Å². The number of carbonyl (C=O) groups excluding carboxylic acids is 1. The van der Waals surface area contributed by atoms with Crippen molar-refractivity contribution in [3.8, 4) is 11.5 Å². The van der Waals surface area contributed by atoms with E-state index in [0.717, 1.165) is 20.3 Å². The molecule has 0 spiro atoms. The molecule has 114 valence electrons. The number of hydrogen-bond donors (Lipinski definition) is 1. The molecule has 0 amide bonds.